The van der Waals surface area contributed by atoms with E-state index in [1.165, 1.54) is 12.3 Å². The molecule has 1 aromatic heterocycles. The first-order valence-electron chi connectivity index (χ1n) is 4.91. The van der Waals surface area contributed by atoms with Gasteiger partial charge in [0.2, 0.25) is 0 Å². The van der Waals surface area contributed by atoms with E-state index in [9.17, 15) is 9.59 Å². The van der Waals surface area contributed by atoms with E-state index in [1.807, 2.05) is 6.92 Å². The molecule has 5 nitrogen and oxygen atoms in total. The van der Waals surface area contributed by atoms with Crippen LogP contribution < -0.4 is 16.6 Å². The van der Waals surface area contributed by atoms with Crippen molar-refractivity contribution >= 4 is 21.8 Å². The van der Waals surface area contributed by atoms with Gasteiger partial charge in [0.25, 0.3) is 11.5 Å². The van der Waals surface area contributed by atoms with Crippen molar-refractivity contribution in [2.24, 2.45) is 11.7 Å². The van der Waals surface area contributed by atoms with Crippen LogP contribution in [0.15, 0.2) is 21.5 Å². The Morgan fingerprint density at radius 3 is 2.94 bits per heavy atom. The molecule has 1 atom stereocenters. The number of aromatic nitrogens is 1. The van der Waals surface area contributed by atoms with Crippen LogP contribution in [0, 0.1) is 5.92 Å². The van der Waals surface area contributed by atoms with Crippen LogP contribution in [-0.4, -0.2) is 24.0 Å². The van der Waals surface area contributed by atoms with Gasteiger partial charge in [-0.15, -0.1) is 0 Å². The van der Waals surface area contributed by atoms with Crippen LogP contribution in [0.25, 0.3) is 0 Å². The third-order valence-corrected chi connectivity index (χ3v) is 2.72. The molecule has 88 valence electrons. The summed E-state index contributed by atoms with van der Waals surface area (Å²) in [4.78, 5) is 25.2. The molecule has 0 fully saturated rings. The highest BCUT2D eigenvalue weighted by Gasteiger charge is 2.08. The molecule has 0 bridgehead atoms. The van der Waals surface area contributed by atoms with E-state index in [-0.39, 0.29) is 17.4 Å². The zero-order valence-electron chi connectivity index (χ0n) is 8.92. The largest absolute Gasteiger partial charge is 0.352 e. The molecule has 0 spiro atoms. The highest BCUT2D eigenvalue weighted by molar-refractivity contribution is 9.10. The maximum absolute atomic E-state index is 11.6. The van der Waals surface area contributed by atoms with Gasteiger partial charge < -0.3 is 16.0 Å². The molecule has 6 heteroatoms. The minimum atomic E-state index is -0.258. The number of amides is 1. The number of hydrogen-bond acceptors (Lipinski definition) is 3. The van der Waals surface area contributed by atoms with Crippen LogP contribution in [0.3, 0.4) is 0 Å². The molecule has 1 aromatic rings. The molecule has 0 aliphatic rings. The SMILES string of the molecule is CC(CN)CNC(=O)c1c[nH]c(=O)c(Br)c1. The fourth-order valence-electron chi connectivity index (χ4n) is 1.04. The second-order valence-electron chi connectivity index (χ2n) is 3.62. The summed E-state index contributed by atoms with van der Waals surface area (Å²) >= 11 is 3.06. The van der Waals surface area contributed by atoms with Gasteiger partial charge in [-0.3, -0.25) is 9.59 Å². The Labute approximate surface area is 102 Å². The van der Waals surface area contributed by atoms with Crippen LogP contribution in [0.5, 0.6) is 0 Å². The summed E-state index contributed by atoms with van der Waals surface area (Å²) in [5.41, 5.74) is 5.59. The van der Waals surface area contributed by atoms with Crippen LogP contribution in [-0.2, 0) is 0 Å². The van der Waals surface area contributed by atoms with Crippen LogP contribution >= 0.6 is 15.9 Å². The van der Waals surface area contributed by atoms with Gasteiger partial charge in [-0.2, -0.15) is 0 Å². The van der Waals surface area contributed by atoms with E-state index in [4.69, 9.17) is 5.73 Å². The summed E-state index contributed by atoms with van der Waals surface area (Å²) in [6.45, 7) is 2.99. The summed E-state index contributed by atoms with van der Waals surface area (Å²) in [5, 5.41) is 2.73. The summed E-state index contributed by atoms with van der Waals surface area (Å²) in [5.74, 6) is 0.00685. The second-order valence-corrected chi connectivity index (χ2v) is 4.47. The van der Waals surface area contributed by atoms with E-state index in [0.717, 1.165) is 0 Å². The highest BCUT2D eigenvalue weighted by atomic mass is 79.9. The number of carbonyl (C=O) groups excluding carboxylic acids is 1. The van der Waals surface area contributed by atoms with Gasteiger partial charge in [0.15, 0.2) is 0 Å². The van der Waals surface area contributed by atoms with Gasteiger partial charge in [0.1, 0.15) is 0 Å². The number of pyridine rings is 1. The molecule has 0 saturated carbocycles. The Morgan fingerprint density at radius 2 is 2.38 bits per heavy atom. The van der Waals surface area contributed by atoms with E-state index in [2.05, 4.69) is 26.2 Å². The number of carbonyl (C=O) groups is 1. The van der Waals surface area contributed by atoms with Crippen LogP contribution in [0.2, 0.25) is 0 Å². The molecule has 1 amide bonds. The van der Waals surface area contributed by atoms with Gasteiger partial charge in [-0.05, 0) is 34.5 Å². The Balaban J connectivity index is 2.66. The number of nitrogens with one attached hydrogen (secondary N) is 2. The average molecular weight is 288 g/mol. The van der Waals surface area contributed by atoms with Crippen molar-refractivity contribution in [2.75, 3.05) is 13.1 Å². The second kappa shape index (κ2) is 5.81. The molecule has 1 heterocycles. The average Bonchev–Trinajstić information content (AvgIpc) is 2.29. The van der Waals surface area contributed by atoms with Gasteiger partial charge in [0, 0.05) is 12.7 Å². The monoisotopic (exact) mass is 287 g/mol. The smallest absolute Gasteiger partial charge is 0.262 e. The Bertz CT molecular complexity index is 430. The molecule has 0 saturated heterocycles. The molecule has 4 N–H and O–H groups in total. The number of nitrogens with two attached hydrogens (primary N) is 1. The first kappa shape index (κ1) is 12.9. The lowest BCUT2D eigenvalue weighted by Gasteiger charge is -2.09. The van der Waals surface area contributed by atoms with Crippen molar-refractivity contribution in [3.63, 3.8) is 0 Å². The van der Waals surface area contributed by atoms with E-state index in [0.29, 0.717) is 23.1 Å². The maximum Gasteiger partial charge on any atom is 0.262 e. The fraction of sp³-hybridized carbons (Fsp3) is 0.400. The normalized spacial score (nSPS) is 12.2. The van der Waals surface area contributed by atoms with Crippen LogP contribution in [0.4, 0.5) is 0 Å². The summed E-state index contributed by atoms with van der Waals surface area (Å²) in [6.07, 6.45) is 1.38. The minimum Gasteiger partial charge on any atom is -0.352 e. The molecule has 0 aromatic carbocycles. The molecule has 0 aliphatic heterocycles. The van der Waals surface area contributed by atoms with Crippen molar-refractivity contribution in [1.29, 1.82) is 0 Å². The minimum absolute atomic E-state index is 0.225. The topological polar surface area (TPSA) is 88.0 Å². The first-order chi connectivity index (χ1) is 7.54. The number of H-pyrrole nitrogens is 1. The fourth-order valence-corrected chi connectivity index (χ4v) is 1.40. The molecule has 0 aliphatic carbocycles. The Morgan fingerprint density at radius 1 is 1.69 bits per heavy atom. The molecule has 16 heavy (non-hydrogen) atoms. The molecule has 1 rings (SSSR count). The highest BCUT2D eigenvalue weighted by Crippen LogP contribution is 2.05. The lowest BCUT2D eigenvalue weighted by molar-refractivity contribution is 0.0948. The molecular formula is C10H14BrN3O2. The first-order valence-corrected chi connectivity index (χ1v) is 5.70. The van der Waals surface area contributed by atoms with Crippen molar-refractivity contribution in [3.8, 4) is 0 Å². The van der Waals surface area contributed by atoms with Crippen LogP contribution in [0.1, 0.15) is 17.3 Å². The predicted octanol–water partition coefficient (Wildman–Crippen LogP) is 0.462. The number of aromatic amines is 1. The van der Waals surface area contributed by atoms with Gasteiger partial charge in [-0.25, -0.2) is 0 Å². The molecular weight excluding hydrogens is 274 g/mol. The lowest BCUT2D eigenvalue weighted by atomic mass is 10.2. The van der Waals surface area contributed by atoms with E-state index >= 15 is 0 Å². The number of rotatable bonds is 4. The van der Waals surface area contributed by atoms with Crippen molar-refractivity contribution in [3.05, 3.63) is 32.7 Å². The van der Waals surface area contributed by atoms with Crippen molar-refractivity contribution in [2.45, 2.75) is 6.92 Å². The molecule has 1 unspecified atom stereocenters. The third kappa shape index (κ3) is 3.46. The lowest BCUT2D eigenvalue weighted by Crippen LogP contribution is -2.31. The summed E-state index contributed by atoms with van der Waals surface area (Å²) < 4.78 is 0.340. The quantitative estimate of drug-likeness (QED) is 0.752. The van der Waals surface area contributed by atoms with E-state index < -0.39 is 0 Å². The molecule has 0 radical (unpaired) electrons. The number of halogens is 1. The Kier molecular flexibility index (Phi) is 4.70. The summed E-state index contributed by atoms with van der Waals surface area (Å²) in [6, 6.07) is 1.49. The summed E-state index contributed by atoms with van der Waals surface area (Å²) in [7, 11) is 0. The van der Waals surface area contributed by atoms with Gasteiger partial charge >= 0.3 is 0 Å². The number of hydrogen-bond donors (Lipinski definition) is 3. The third-order valence-electron chi connectivity index (χ3n) is 2.13. The van der Waals surface area contributed by atoms with Crippen molar-refractivity contribution in [1.82, 2.24) is 10.3 Å². The maximum atomic E-state index is 11.6. The van der Waals surface area contributed by atoms with Crippen molar-refractivity contribution < 1.29 is 4.79 Å². The Hall–Kier alpha value is -1.14. The zero-order valence-corrected chi connectivity index (χ0v) is 10.5. The predicted molar refractivity (Wildman–Crippen MR) is 65.3 cm³/mol. The van der Waals surface area contributed by atoms with E-state index in [1.54, 1.807) is 0 Å². The van der Waals surface area contributed by atoms with Gasteiger partial charge in [0.05, 0.1) is 10.0 Å². The standard InChI is InChI=1S/C10H14BrN3O2/c1-6(3-12)4-13-9(15)7-2-8(11)10(16)14-5-7/h2,5-6H,3-4,12H2,1H3,(H,13,15)(H,14,16). The zero-order chi connectivity index (χ0) is 12.1. The van der Waals surface area contributed by atoms with Gasteiger partial charge in [-0.1, -0.05) is 6.92 Å².